The Bertz CT molecular complexity index is 293. The number of ether oxygens (including phenoxy) is 1. The molecular weight excluding hydrogens is 261 g/mol. The van der Waals surface area contributed by atoms with Gasteiger partial charge in [0.2, 0.25) is 10.0 Å². The summed E-state index contributed by atoms with van der Waals surface area (Å²) in [5.74, 6) is -0.111. The fraction of sp³-hybridized carbons (Fsp3) is 1.00. The van der Waals surface area contributed by atoms with Gasteiger partial charge < -0.3 is 10.1 Å². The van der Waals surface area contributed by atoms with Gasteiger partial charge in [-0.1, -0.05) is 6.92 Å². The molecule has 0 saturated carbocycles. The van der Waals surface area contributed by atoms with Gasteiger partial charge in [0, 0.05) is 13.1 Å². The minimum absolute atomic E-state index is 0.111. The molecule has 0 heterocycles. The van der Waals surface area contributed by atoms with Crippen molar-refractivity contribution >= 4 is 10.0 Å². The Labute approximate surface area is 98.8 Å². The van der Waals surface area contributed by atoms with E-state index in [9.17, 15) is 21.6 Å². The first-order valence-electron chi connectivity index (χ1n) is 5.09. The molecule has 9 heteroatoms. The largest absolute Gasteiger partial charge is 0.411 e. The highest BCUT2D eigenvalue weighted by atomic mass is 32.2. The van der Waals surface area contributed by atoms with E-state index >= 15 is 0 Å². The van der Waals surface area contributed by atoms with E-state index in [4.69, 9.17) is 0 Å². The van der Waals surface area contributed by atoms with Crippen LogP contribution in [0, 0.1) is 0 Å². The number of rotatable bonds is 9. The molecule has 0 amide bonds. The van der Waals surface area contributed by atoms with E-state index in [-0.39, 0.29) is 18.9 Å². The highest BCUT2D eigenvalue weighted by molar-refractivity contribution is 7.89. The Morgan fingerprint density at radius 2 is 1.88 bits per heavy atom. The summed E-state index contributed by atoms with van der Waals surface area (Å²) in [7, 11) is -3.44. The van der Waals surface area contributed by atoms with Gasteiger partial charge in [-0.05, 0) is 6.54 Å². The zero-order valence-corrected chi connectivity index (χ0v) is 10.3. The van der Waals surface area contributed by atoms with Gasteiger partial charge in [-0.2, -0.15) is 13.2 Å². The molecule has 0 radical (unpaired) electrons. The summed E-state index contributed by atoms with van der Waals surface area (Å²) in [6.45, 7) is 0.959. The topological polar surface area (TPSA) is 67.4 Å². The van der Waals surface area contributed by atoms with Crippen LogP contribution in [0.5, 0.6) is 0 Å². The van der Waals surface area contributed by atoms with E-state index in [2.05, 4.69) is 14.8 Å². The number of alkyl halides is 3. The highest BCUT2D eigenvalue weighted by Crippen LogP contribution is 2.13. The molecule has 0 bridgehead atoms. The van der Waals surface area contributed by atoms with Crippen LogP contribution in [0.2, 0.25) is 0 Å². The van der Waals surface area contributed by atoms with Crippen LogP contribution in [0.15, 0.2) is 0 Å². The van der Waals surface area contributed by atoms with Crippen LogP contribution in [0.1, 0.15) is 6.92 Å². The average Bonchev–Trinajstić information content (AvgIpc) is 2.15. The van der Waals surface area contributed by atoms with Crippen molar-refractivity contribution in [3.63, 3.8) is 0 Å². The lowest BCUT2D eigenvalue weighted by Gasteiger charge is -2.09. The molecule has 0 aromatic rings. The number of nitrogens with one attached hydrogen (secondary N) is 2. The summed E-state index contributed by atoms with van der Waals surface area (Å²) in [5, 5.41) is 2.83. The summed E-state index contributed by atoms with van der Waals surface area (Å²) in [5.41, 5.74) is 0. The van der Waals surface area contributed by atoms with Gasteiger partial charge in [0.05, 0.1) is 12.4 Å². The lowest BCUT2D eigenvalue weighted by atomic mass is 10.7. The molecule has 0 aromatic carbocycles. The van der Waals surface area contributed by atoms with Gasteiger partial charge in [-0.3, -0.25) is 0 Å². The molecule has 0 spiro atoms. The van der Waals surface area contributed by atoms with Crippen LogP contribution < -0.4 is 10.0 Å². The molecule has 0 saturated heterocycles. The van der Waals surface area contributed by atoms with Crippen LogP contribution in [-0.2, 0) is 14.8 Å². The first-order chi connectivity index (χ1) is 7.77. The van der Waals surface area contributed by atoms with Gasteiger partial charge in [0.1, 0.15) is 6.61 Å². The molecule has 2 N–H and O–H groups in total. The molecule has 5 nitrogen and oxygen atoms in total. The monoisotopic (exact) mass is 278 g/mol. The van der Waals surface area contributed by atoms with Gasteiger partial charge in [0.15, 0.2) is 0 Å². The predicted molar refractivity (Wildman–Crippen MR) is 57.2 cm³/mol. The van der Waals surface area contributed by atoms with E-state index in [1.165, 1.54) is 0 Å². The van der Waals surface area contributed by atoms with Crippen molar-refractivity contribution in [3.05, 3.63) is 0 Å². The summed E-state index contributed by atoms with van der Waals surface area (Å²) in [6.07, 6.45) is -4.38. The third-order valence-corrected chi connectivity index (χ3v) is 3.02. The van der Waals surface area contributed by atoms with Crippen LogP contribution in [0.3, 0.4) is 0 Å². The minimum atomic E-state index is -4.38. The standard InChI is InChI=1S/C8H17F3N2O3S/c1-2-12-4-6-17(14,15)13-3-5-16-7-8(9,10)11/h12-13H,2-7H2,1H3. The summed E-state index contributed by atoms with van der Waals surface area (Å²) < 4.78 is 63.8. The van der Waals surface area contributed by atoms with Gasteiger partial charge in [-0.25, -0.2) is 13.1 Å². The Balaban J connectivity index is 3.59. The van der Waals surface area contributed by atoms with Crippen molar-refractivity contribution in [2.45, 2.75) is 13.1 Å². The zero-order chi connectivity index (χ0) is 13.4. The molecule has 0 atom stereocenters. The molecule has 0 aliphatic heterocycles. The molecule has 17 heavy (non-hydrogen) atoms. The van der Waals surface area contributed by atoms with Gasteiger partial charge in [0.25, 0.3) is 0 Å². The quantitative estimate of drug-likeness (QED) is 0.587. The molecule has 0 aliphatic rings. The Kier molecular flexibility index (Phi) is 7.68. The van der Waals surface area contributed by atoms with Gasteiger partial charge >= 0.3 is 6.18 Å². The van der Waals surface area contributed by atoms with Crippen LogP contribution in [0.4, 0.5) is 13.2 Å². The normalized spacial score (nSPS) is 12.9. The number of sulfonamides is 1. The number of hydrogen-bond acceptors (Lipinski definition) is 4. The molecular formula is C8H17F3N2O3S. The van der Waals surface area contributed by atoms with Crippen molar-refractivity contribution in [1.29, 1.82) is 0 Å². The molecule has 0 aromatic heterocycles. The number of hydrogen-bond donors (Lipinski definition) is 2. The maximum absolute atomic E-state index is 11.7. The maximum Gasteiger partial charge on any atom is 0.411 e. The van der Waals surface area contributed by atoms with Crippen molar-refractivity contribution in [2.75, 3.05) is 38.6 Å². The lowest BCUT2D eigenvalue weighted by Crippen LogP contribution is -2.34. The fourth-order valence-electron chi connectivity index (χ4n) is 0.913. The highest BCUT2D eigenvalue weighted by Gasteiger charge is 2.27. The summed E-state index contributed by atoms with van der Waals surface area (Å²) in [6, 6.07) is 0. The van der Waals surface area contributed by atoms with E-state index < -0.39 is 22.8 Å². The Hall–Kier alpha value is -0.380. The fourth-order valence-corrected chi connectivity index (χ4v) is 1.86. The van der Waals surface area contributed by atoms with Crippen molar-refractivity contribution < 1.29 is 26.3 Å². The van der Waals surface area contributed by atoms with Crippen molar-refractivity contribution in [1.82, 2.24) is 10.0 Å². The summed E-state index contributed by atoms with van der Waals surface area (Å²) >= 11 is 0. The van der Waals surface area contributed by atoms with Crippen LogP contribution >= 0.6 is 0 Å². The number of halogens is 3. The van der Waals surface area contributed by atoms with E-state index in [1.807, 2.05) is 6.92 Å². The third-order valence-electron chi connectivity index (χ3n) is 1.63. The zero-order valence-electron chi connectivity index (χ0n) is 9.51. The van der Waals surface area contributed by atoms with Crippen LogP contribution in [-0.4, -0.2) is 53.2 Å². The van der Waals surface area contributed by atoms with Crippen molar-refractivity contribution in [3.8, 4) is 0 Å². The van der Waals surface area contributed by atoms with Crippen LogP contribution in [0.25, 0.3) is 0 Å². The second-order valence-corrected chi connectivity index (χ2v) is 5.16. The molecule has 104 valence electrons. The third kappa shape index (κ3) is 11.9. The average molecular weight is 278 g/mol. The van der Waals surface area contributed by atoms with Gasteiger partial charge in [-0.15, -0.1) is 0 Å². The molecule has 0 rings (SSSR count). The van der Waals surface area contributed by atoms with E-state index in [0.717, 1.165) is 0 Å². The van der Waals surface area contributed by atoms with E-state index in [1.54, 1.807) is 0 Å². The Morgan fingerprint density at radius 3 is 2.41 bits per heavy atom. The SMILES string of the molecule is CCNCCS(=O)(=O)NCCOCC(F)(F)F. The second-order valence-electron chi connectivity index (χ2n) is 3.23. The minimum Gasteiger partial charge on any atom is -0.371 e. The van der Waals surface area contributed by atoms with Crippen molar-refractivity contribution in [2.24, 2.45) is 0 Å². The predicted octanol–water partition coefficient (Wildman–Crippen LogP) is 0.0942. The second kappa shape index (κ2) is 7.85. The first-order valence-corrected chi connectivity index (χ1v) is 6.74. The van der Waals surface area contributed by atoms with E-state index in [0.29, 0.717) is 13.1 Å². The molecule has 0 unspecified atom stereocenters. The Morgan fingerprint density at radius 1 is 1.24 bits per heavy atom. The summed E-state index contributed by atoms with van der Waals surface area (Å²) in [4.78, 5) is 0. The lowest BCUT2D eigenvalue weighted by molar-refractivity contribution is -0.173. The molecule has 0 aliphatic carbocycles. The first kappa shape index (κ1) is 16.6. The molecule has 0 fully saturated rings. The smallest absolute Gasteiger partial charge is 0.371 e. The maximum atomic E-state index is 11.7.